The van der Waals surface area contributed by atoms with E-state index in [4.69, 9.17) is 4.42 Å². The van der Waals surface area contributed by atoms with Gasteiger partial charge in [0.2, 0.25) is 5.91 Å². The lowest BCUT2D eigenvalue weighted by atomic mass is 10.1. The zero-order valence-electron chi connectivity index (χ0n) is 18.4. The van der Waals surface area contributed by atoms with Gasteiger partial charge < -0.3 is 14.7 Å². The summed E-state index contributed by atoms with van der Waals surface area (Å²) in [5.74, 6) is 0.174. The molecular weight excluding hydrogens is 442 g/mol. The van der Waals surface area contributed by atoms with Crippen molar-refractivity contribution in [3.8, 4) is 33.8 Å². The van der Waals surface area contributed by atoms with Crippen LogP contribution in [0.2, 0.25) is 0 Å². The molecule has 9 heteroatoms. The highest BCUT2D eigenvalue weighted by molar-refractivity contribution is 6.00. The van der Waals surface area contributed by atoms with E-state index in [1.54, 1.807) is 37.3 Å². The molecule has 1 amide bonds. The molecule has 1 aliphatic carbocycles. The zero-order chi connectivity index (χ0) is 23.4. The Labute approximate surface area is 198 Å². The van der Waals surface area contributed by atoms with E-state index in [0.29, 0.717) is 5.69 Å². The number of nitrogens with one attached hydrogen (secondary N) is 3. The first-order chi connectivity index (χ1) is 17.2. The molecule has 0 bridgehead atoms. The Kier molecular flexibility index (Phi) is 4.28. The van der Waals surface area contributed by atoms with Crippen LogP contribution in [0.25, 0.3) is 55.7 Å². The number of pyridine rings is 3. The molecular formula is C26H19N7O2. The molecule has 1 saturated carbocycles. The molecule has 35 heavy (non-hydrogen) atoms. The summed E-state index contributed by atoms with van der Waals surface area (Å²) < 4.78 is 5.27. The van der Waals surface area contributed by atoms with Crippen LogP contribution in [0.3, 0.4) is 0 Å². The molecule has 0 aromatic carbocycles. The minimum absolute atomic E-state index is 0.0479. The fraction of sp³-hybridized carbons (Fsp3) is 0.115. The molecule has 0 spiro atoms. The number of carbonyl (C=O) groups excluding carboxylic acids is 1. The molecule has 6 aromatic rings. The van der Waals surface area contributed by atoms with Crippen LogP contribution in [0.1, 0.15) is 12.8 Å². The second kappa shape index (κ2) is 7.63. The minimum Gasteiger partial charge on any atom is -0.472 e. The largest absolute Gasteiger partial charge is 0.472 e. The van der Waals surface area contributed by atoms with Crippen LogP contribution in [0, 0.1) is 5.92 Å². The van der Waals surface area contributed by atoms with Crippen molar-refractivity contribution in [2.24, 2.45) is 5.92 Å². The Morgan fingerprint density at radius 1 is 1.03 bits per heavy atom. The third-order valence-electron chi connectivity index (χ3n) is 6.32. The summed E-state index contributed by atoms with van der Waals surface area (Å²) in [5.41, 5.74) is 7.44. The average Bonchev–Trinajstić information content (AvgIpc) is 3.26. The number of H-pyrrole nitrogens is 2. The molecule has 6 aromatic heterocycles. The van der Waals surface area contributed by atoms with Gasteiger partial charge in [-0.1, -0.05) is 0 Å². The van der Waals surface area contributed by atoms with Crippen molar-refractivity contribution < 1.29 is 9.21 Å². The molecule has 3 N–H and O–H groups in total. The van der Waals surface area contributed by atoms with Crippen LogP contribution in [-0.4, -0.2) is 36.0 Å². The second-order valence-corrected chi connectivity index (χ2v) is 8.73. The van der Waals surface area contributed by atoms with Gasteiger partial charge in [-0.25, -0.2) is 4.98 Å². The SMILES string of the molecule is O=C(Nc1cncc(-c2cc3c(-c4cc5c(-c6ccoc6)ccnc5[nH]4)n[nH]c3cn2)c1)C1CC1. The first-order valence-electron chi connectivity index (χ1n) is 11.3. The molecule has 170 valence electrons. The second-order valence-electron chi connectivity index (χ2n) is 8.73. The third kappa shape index (κ3) is 3.45. The van der Waals surface area contributed by atoms with Crippen LogP contribution in [0.4, 0.5) is 5.69 Å². The summed E-state index contributed by atoms with van der Waals surface area (Å²) >= 11 is 0. The number of aromatic nitrogens is 6. The van der Waals surface area contributed by atoms with Crippen LogP contribution in [0.15, 0.2) is 72.1 Å². The first kappa shape index (κ1) is 19.7. The molecule has 0 radical (unpaired) electrons. The van der Waals surface area contributed by atoms with Gasteiger partial charge >= 0.3 is 0 Å². The Balaban J connectivity index is 1.29. The Morgan fingerprint density at radius 2 is 1.97 bits per heavy atom. The van der Waals surface area contributed by atoms with Crippen molar-refractivity contribution >= 4 is 33.5 Å². The molecule has 7 rings (SSSR count). The fourth-order valence-electron chi connectivity index (χ4n) is 4.34. The number of furan rings is 1. The molecule has 0 atom stereocenters. The number of fused-ring (bicyclic) bond motifs is 2. The van der Waals surface area contributed by atoms with Gasteiger partial charge in [-0.3, -0.25) is 19.9 Å². The van der Waals surface area contributed by atoms with Gasteiger partial charge in [0.25, 0.3) is 0 Å². The molecule has 0 aliphatic heterocycles. The lowest BCUT2D eigenvalue weighted by Crippen LogP contribution is -2.13. The monoisotopic (exact) mass is 461 g/mol. The van der Waals surface area contributed by atoms with Crippen LogP contribution >= 0.6 is 0 Å². The van der Waals surface area contributed by atoms with E-state index in [-0.39, 0.29) is 11.8 Å². The fourth-order valence-corrected chi connectivity index (χ4v) is 4.34. The van der Waals surface area contributed by atoms with Crippen LogP contribution < -0.4 is 5.32 Å². The highest BCUT2D eigenvalue weighted by atomic mass is 16.3. The molecule has 1 aliphatic rings. The predicted octanol–water partition coefficient (Wildman–Crippen LogP) is 5.17. The van der Waals surface area contributed by atoms with E-state index >= 15 is 0 Å². The van der Waals surface area contributed by atoms with Gasteiger partial charge in [-0.2, -0.15) is 5.10 Å². The molecule has 1 fully saturated rings. The minimum atomic E-state index is 0.0479. The third-order valence-corrected chi connectivity index (χ3v) is 6.32. The van der Waals surface area contributed by atoms with Crippen molar-refractivity contribution in [2.45, 2.75) is 12.8 Å². The summed E-state index contributed by atoms with van der Waals surface area (Å²) in [4.78, 5) is 28.9. The van der Waals surface area contributed by atoms with E-state index < -0.39 is 0 Å². The highest BCUT2D eigenvalue weighted by Gasteiger charge is 2.29. The van der Waals surface area contributed by atoms with Gasteiger partial charge in [0, 0.05) is 40.2 Å². The normalized spacial score (nSPS) is 13.5. The summed E-state index contributed by atoms with van der Waals surface area (Å²) in [7, 11) is 0. The van der Waals surface area contributed by atoms with Crippen molar-refractivity contribution in [1.29, 1.82) is 0 Å². The number of anilines is 1. The number of nitrogens with zero attached hydrogens (tertiary/aromatic N) is 4. The summed E-state index contributed by atoms with van der Waals surface area (Å²) in [5, 5.41) is 12.5. The topological polar surface area (TPSA) is 125 Å². The maximum Gasteiger partial charge on any atom is 0.227 e. The zero-order valence-corrected chi connectivity index (χ0v) is 18.4. The number of hydrogen-bond donors (Lipinski definition) is 3. The number of rotatable bonds is 5. The lowest BCUT2D eigenvalue weighted by molar-refractivity contribution is -0.117. The Morgan fingerprint density at radius 3 is 2.83 bits per heavy atom. The van der Waals surface area contributed by atoms with Crippen LogP contribution in [-0.2, 0) is 4.79 Å². The summed E-state index contributed by atoms with van der Waals surface area (Å²) in [6.45, 7) is 0. The quantitative estimate of drug-likeness (QED) is 0.325. The average molecular weight is 461 g/mol. The summed E-state index contributed by atoms with van der Waals surface area (Å²) in [6.07, 6.45) is 12.2. The van der Waals surface area contributed by atoms with Gasteiger partial charge in [0.05, 0.1) is 47.5 Å². The van der Waals surface area contributed by atoms with E-state index in [2.05, 4.69) is 41.5 Å². The van der Waals surface area contributed by atoms with Gasteiger partial charge in [-0.05, 0) is 48.7 Å². The Hall–Kier alpha value is -4.79. The number of aromatic amines is 2. The molecule has 0 unspecified atom stereocenters. The van der Waals surface area contributed by atoms with Crippen LogP contribution in [0.5, 0.6) is 0 Å². The highest BCUT2D eigenvalue weighted by Crippen LogP contribution is 2.34. The molecule has 9 nitrogen and oxygen atoms in total. The van der Waals surface area contributed by atoms with Crippen molar-refractivity contribution in [3.05, 3.63) is 67.6 Å². The number of amides is 1. The number of carbonyl (C=O) groups is 1. The van der Waals surface area contributed by atoms with E-state index in [9.17, 15) is 4.79 Å². The molecule has 0 saturated heterocycles. The summed E-state index contributed by atoms with van der Waals surface area (Å²) in [6, 6.07) is 9.82. The van der Waals surface area contributed by atoms with E-state index in [1.165, 1.54) is 0 Å². The van der Waals surface area contributed by atoms with Crippen molar-refractivity contribution in [3.63, 3.8) is 0 Å². The maximum absolute atomic E-state index is 12.2. The maximum atomic E-state index is 12.2. The van der Waals surface area contributed by atoms with E-state index in [1.807, 2.05) is 24.3 Å². The van der Waals surface area contributed by atoms with Gasteiger partial charge in [0.1, 0.15) is 11.3 Å². The Bertz CT molecular complexity index is 1710. The van der Waals surface area contributed by atoms with E-state index in [0.717, 1.165) is 68.6 Å². The number of hydrogen-bond acceptors (Lipinski definition) is 6. The van der Waals surface area contributed by atoms with Gasteiger partial charge in [-0.15, -0.1) is 0 Å². The molecule has 6 heterocycles. The predicted molar refractivity (Wildman–Crippen MR) is 131 cm³/mol. The van der Waals surface area contributed by atoms with Crippen molar-refractivity contribution in [2.75, 3.05) is 5.32 Å². The smallest absolute Gasteiger partial charge is 0.227 e. The van der Waals surface area contributed by atoms with Gasteiger partial charge in [0.15, 0.2) is 0 Å². The lowest BCUT2D eigenvalue weighted by Gasteiger charge is -2.06. The van der Waals surface area contributed by atoms with Crippen molar-refractivity contribution in [1.82, 2.24) is 30.1 Å². The first-order valence-corrected chi connectivity index (χ1v) is 11.3. The standard InChI is InChI=1S/C26H19N7O2/c34-26(14-1-2-14)30-17-7-16(10-27-11-17)21-9-20-23(12-29-21)32-33-24(20)22-8-19-18(15-4-6-35-13-15)3-5-28-25(19)31-22/h3-14H,1-2H2,(H,28,31)(H,30,34)(H,32,33).